The molecule has 9 nitrogen and oxygen atoms in total. The topological polar surface area (TPSA) is 107 Å². The molecule has 1 aliphatic carbocycles. The number of nitrogens with zero attached hydrogens (tertiary/aromatic N) is 3. The van der Waals surface area contributed by atoms with Crippen LogP contribution in [0.25, 0.3) is 28.9 Å². The van der Waals surface area contributed by atoms with Crippen molar-refractivity contribution in [1.29, 1.82) is 0 Å². The third-order valence-electron chi connectivity index (χ3n) is 6.51. The van der Waals surface area contributed by atoms with E-state index in [1.165, 1.54) is 29.0 Å². The van der Waals surface area contributed by atoms with E-state index in [1.54, 1.807) is 30.3 Å². The Balaban J connectivity index is 1.95. The number of hydrogen-bond donors (Lipinski definition) is 2. The van der Waals surface area contributed by atoms with E-state index in [-0.39, 0.29) is 39.7 Å². The Labute approximate surface area is 240 Å². The fourth-order valence-corrected chi connectivity index (χ4v) is 5.01. The fraction of sp³-hybridized carbons (Fsp3) is 0.103. The lowest BCUT2D eigenvalue weighted by Gasteiger charge is -2.21. The van der Waals surface area contributed by atoms with Crippen LogP contribution in [0.15, 0.2) is 82.7 Å². The molecule has 4 aromatic rings. The van der Waals surface area contributed by atoms with Gasteiger partial charge in [0.1, 0.15) is 17.0 Å². The second kappa shape index (κ2) is 10.6. The third-order valence-corrected chi connectivity index (χ3v) is 7.18. The normalized spacial score (nSPS) is 12.7. The largest absolute Gasteiger partial charge is 0.338 e. The number of carbonyl (C=O) groups excluding carboxylic acids is 1. The van der Waals surface area contributed by atoms with E-state index in [9.17, 15) is 23.6 Å². The average Bonchev–Trinajstić information content (AvgIpc) is 3.76. The monoisotopic (exact) mass is 651 g/mol. The molecule has 2 heterocycles. The lowest BCUT2D eigenvalue weighted by Crippen LogP contribution is -2.41. The van der Waals surface area contributed by atoms with Crippen molar-refractivity contribution >= 4 is 68.9 Å². The van der Waals surface area contributed by atoms with Gasteiger partial charge in [0.2, 0.25) is 5.91 Å². The van der Waals surface area contributed by atoms with Gasteiger partial charge >= 0.3 is 5.69 Å². The first kappa shape index (κ1) is 27.1. The lowest BCUT2D eigenvalue weighted by atomic mass is 10.1. The van der Waals surface area contributed by atoms with Crippen LogP contribution in [0.4, 0.5) is 21.6 Å². The molecule has 1 fully saturated rings. The Morgan fingerprint density at radius 3 is 2.42 bits per heavy atom. The molecular weight excluding hydrogens is 628 g/mol. The highest BCUT2D eigenvalue weighted by atomic mass is 127. The summed E-state index contributed by atoms with van der Waals surface area (Å²) in [6.07, 6.45) is 4.83. The van der Waals surface area contributed by atoms with Crippen LogP contribution in [0.2, 0.25) is 0 Å². The van der Waals surface area contributed by atoms with Gasteiger partial charge in [-0.05, 0) is 77.9 Å². The zero-order chi connectivity index (χ0) is 28.7. The number of amides is 1. The first-order valence-electron chi connectivity index (χ1n) is 12.2. The highest BCUT2D eigenvalue weighted by Gasteiger charge is 2.32. The smallest absolute Gasteiger partial charge is 0.336 e. The number of rotatable bonds is 8. The van der Waals surface area contributed by atoms with Crippen LogP contribution < -0.4 is 27.4 Å². The van der Waals surface area contributed by atoms with Gasteiger partial charge in [0.15, 0.2) is 0 Å². The number of aromatic nitrogens is 3. The molecule has 11 heteroatoms. The molecule has 0 spiro atoms. The Morgan fingerprint density at radius 1 is 1.05 bits per heavy atom. The summed E-state index contributed by atoms with van der Waals surface area (Å²) < 4.78 is 19.1. The predicted octanol–water partition coefficient (Wildman–Crippen LogP) is 5.00. The molecule has 0 radical (unpaired) electrons. The van der Waals surface area contributed by atoms with Gasteiger partial charge in [-0.3, -0.25) is 28.1 Å². The number of hydrogen-bond acceptors (Lipinski definition) is 5. The highest BCUT2D eigenvalue weighted by Crippen LogP contribution is 2.34. The number of benzene rings is 2. The van der Waals surface area contributed by atoms with Crippen molar-refractivity contribution < 1.29 is 9.18 Å². The first-order chi connectivity index (χ1) is 19.2. The third kappa shape index (κ3) is 4.62. The zero-order valence-electron chi connectivity index (χ0n) is 21.1. The van der Waals surface area contributed by atoms with Crippen molar-refractivity contribution in [3.63, 3.8) is 0 Å². The molecule has 1 aliphatic rings. The van der Waals surface area contributed by atoms with E-state index in [0.717, 1.165) is 15.2 Å². The minimum atomic E-state index is -0.655. The van der Waals surface area contributed by atoms with Gasteiger partial charge in [-0.1, -0.05) is 31.9 Å². The van der Waals surface area contributed by atoms with Crippen LogP contribution in [-0.2, 0) is 4.79 Å². The number of anilines is 3. The van der Waals surface area contributed by atoms with Crippen molar-refractivity contribution in [3.05, 3.63) is 114 Å². The van der Waals surface area contributed by atoms with E-state index in [2.05, 4.69) is 30.4 Å². The summed E-state index contributed by atoms with van der Waals surface area (Å²) in [5, 5.41) is 5.53. The van der Waals surface area contributed by atoms with Gasteiger partial charge in [0.25, 0.3) is 11.1 Å². The highest BCUT2D eigenvalue weighted by molar-refractivity contribution is 14.1. The van der Waals surface area contributed by atoms with Crippen molar-refractivity contribution in [2.24, 2.45) is 0 Å². The number of fused-ring (bicyclic) bond motifs is 1. The Bertz CT molecular complexity index is 1930. The molecule has 202 valence electrons. The van der Waals surface area contributed by atoms with E-state index in [0.29, 0.717) is 22.1 Å². The van der Waals surface area contributed by atoms with Gasteiger partial charge in [0.05, 0.1) is 22.5 Å². The maximum absolute atomic E-state index is 14.9. The molecule has 0 aliphatic heterocycles. The SMILES string of the molecule is C=CC(=O)Nc1cccc(-n2c(=O)n(C3CC3)c(=O)c3c(Nc4ccc(I)cc4F)n(C=C)c(=O)c(C=C)c32)c1. The summed E-state index contributed by atoms with van der Waals surface area (Å²) in [5.74, 6) is -1.11. The van der Waals surface area contributed by atoms with Crippen molar-refractivity contribution in [2.75, 3.05) is 10.6 Å². The minimum Gasteiger partial charge on any atom is -0.338 e. The van der Waals surface area contributed by atoms with Crippen molar-refractivity contribution in [1.82, 2.24) is 13.7 Å². The number of carbonyl (C=O) groups is 1. The van der Waals surface area contributed by atoms with Crippen LogP contribution in [0, 0.1) is 9.39 Å². The molecule has 2 aromatic heterocycles. The number of pyridine rings is 1. The van der Waals surface area contributed by atoms with Gasteiger partial charge in [-0.2, -0.15) is 0 Å². The summed E-state index contributed by atoms with van der Waals surface area (Å²) in [7, 11) is 0. The summed E-state index contributed by atoms with van der Waals surface area (Å²) in [6, 6.07) is 10.5. The molecule has 0 unspecified atom stereocenters. The van der Waals surface area contributed by atoms with Crippen LogP contribution in [0.1, 0.15) is 24.4 Å². The van der Waals surface area contributed by atoms with Crippen LogP contribution >= 0.6 is 22.6 Å². The van der Waals surface area contributed by atoms with Crippen molar-refractivity contribution in [2.45, 2.75) is 18.9 Å². The van der Waals surface area contributed by atoms with E-state index >= 15 is 0 Å². The Hall–Kier alpha value is -4.52. The second-order valence-corrected chi connectivity index (χ2v) is 10.3. The second-order valence-electron chi connectivity index (χ2n) is 9.06. The Morgan fingerprint density at radius 2 is 1.80 bits per heavy atom. The number of halogens is 2. The molecule has 1 amide bonds. The maximum atomic E-state index is 14.9. The summed E-state index contributed by atoms with van der Waals surface area (Å²) in [6.45, 7) is 10.9. The first-order valence-corrected chi connectivity index (χ1v) is 13.3. The van der Waals surface area contributed by atoms with Gasteiger partial charge in [-0.15, -0.1) is 0 Å². The fourth-order valence-electron chi connectivity index (χ4n) is 4.56. The van der Waals surface area contributed by atoms with Crippen LogP contribution in [0.3, 0.4) is 0 Å². The Kier molecular flexibility index (Phi) is 7.15. The zero-order valence-corrected chi connectivity index (χ0v) is 23.3. The van der Waals surface area contributed by atoms with Gasteiger partial charge in [-0.25, -0.2) is 9.18 Å². The molecular formula is C29H23FIN5O4. The molecule has 0 saturated heterocycles. The summed E-state index contributed by atoms with van der Waals surface area (Å²) in [5.41, 5.74) is -1.28. The summed E-state index contributed by atoms with van der Waals surface area (Å²) in [4.78, 5) is 53.6. The molecule has 0 atom stereocenters. The molecule has 40 heavy (non-hydrogen) atoms. The van der Waals surface area contributed by atoms with Crippen LogP contribution in [0.5, 0.6) is 0 Å². The van der Waals surface area contributed by atoms with E-state index < -0.39 is 28.5 Å². The average molecular weight is 651 g/mol. The van der Waals surface area contributed by atoms with Gasteiger partial charge in [0, 0.05) is 21.5 Å². The number of nitrogens with one attached hydrogen (secondary N) is 2. The molecule has 5 rings (SSSR count). The molecule has 0 bridgehead atoms. The van der Waals surface area contributed by atoms with Gasteiger partial charge < -0.3 is 10.6 Å². The molecule has 1 saturated carbocycles. The van der Waals surface area contributed by atoms with Crippen molar-refractivity contribution in [3.8, 4) is 5.69 Å². The predicted molar refractivity (Wildman–Crippen MR) is 164 cm³/mol. The maximum Gasteiger partial charge on any atom is 0.336 e. The lowest BCUT2D eigenvalue weighted by molar-refractivity contribution is -0.111. The minimum absolute atomic E-state index is 0.00869. The van der Waals surface area contributed by atoms with Crippen LogP contribution in [-0.4, -0.2) is 19.6 Å². The van der Waals surface area contributed by atoms with E-state index in [1.807, 2.05) is 22.6 Å². The standard InChI is InChI=1S/C29H23FIN5O4/c1-4-20-25-24(26(34(6-3)27(20)38)33-22-13-10-16(31)14-21(22)30)28(39)36(18-11-12-18)29(40)35(25)19-9-7-8-17(15-19)32-23(37)5-2/h4-10,13-15,18,33H,1-3,11-12H2,(H,32,37). The summed E-state index contributed by atoms with van der Waals surface area (Å²) >= 11 is 1.97. The van der Waals surface area contributed by atoms with E-state index in [4.69, 9.17) is 0 Å². The molecule has 2 N–H and O–H groups in total. The quantitative estimate of drug-likeness (QED) is 0.206. The molecule has 2 aromatic carbocycles.